The van der Waals surface area contributed by atoms with E-state index in [1.165, 1.54) is 12.1 Å². The predicted octanol–water partition coefficient (Wildman–Crippen LogP) is 3.35. The minimum Gasteiger partial charge on any atom is -0.481 e. The fourth-order valence-electron chi connectivity index (χ4n) is 4.26. The number of carboxylic acid groups (broad SMARTS) is 1. The number of halogens is 1. The highest BCUT2D eigenvalue weighted by Gasteiger charge is 2.45. The third-order valence-corrected chi connectivity index (χ3v) is 5.63. The Labute approximate surface area is 141 Å². The Morgan fingerprint density at radius 3 is 2.25 bits per heavy atom. The number of nitrogens with zero attached hydrogens (tertiary/aromatic N) is 1. The van der Waals surface area contributed by atoms with E-state index in [2.05, 4.69) is 0 Å². The lowest BCUT2D eigenvalue weighted by Crippen LogP contribution is -2.48. The predicted molar refractivity (Wildman–Crippen MR) is 88.1 cm³/mol. The topological polar surface area (TPSA) is 57.6 Å². The number of amides is 1. The molecule has 2 aliphatic rings. The Kier molecular flexibility index (Phi) is 4.88. The van der Waals surface area contributed by atoms with Crippen molar-refractivity contribution in [2.75, 3.05) is 13.1 Å². The summed E-state index contributed by atoms with van der Waals surface area (Å²) in [5.41, 5.74) is 0.395. The number of piperidine rings is 1. The Hall–Kier alpha value is -1.91. The number of benzene rings is 1. The lowest BCUT2D eigenvalue weighted by Gasteiger charge is -2.38. The average Bonchev–Trinajstić information content (AvgIpc) is 3.06. The number of hydrogen-bond acceptors (Lipinski definition) is 2. The molecule has 3 rings (SSSR count). The third kappa shape index (κ3) is 3.30. The summed E-state index contributed by atoms with van der Waals surface area (Å²) in [6.45, 7) is 1.25. The van der Waals surface area contributed by atoms with Crippen LogP contribution in [0.1, 0.15) is 50.5 Å². The zero-order chi connectivity index (χ0) is 17.2. The summed E-state index contributed by atoms with van der Waals surface area (Å²) in [6.07, 6.45) is 5.33. The molecule has 0 atom stereocenters. The second-order valence-electron chi connectivity index (χ2n) is 7.13. The molecule has 2 fully saturated rings. The molecule has 1 N–H and O–H groups in total. The zero-order valence-electron chi connectivity index (χ0n) is 13.8. The molecular formula is C19H24FNO3. The van der Waals surface area contributed by atoms with Crippen molar-refractivity contribution in [2.45, 2.75) is 50.4 Å². The smallest absolute Gasteiger partial charge is 0.303 e. The van der Waals surface area contributed by atoms with Crippen molar-refractivity contribution in [1.82, 2.24) is 4.90 Å². The zero-order valence-corrected chi connectivity index (χ0v) is 13.8. The van der Waals surface area contributed by atoms with Crippen molar-refractivity contribution < 1.29 is 19.1 Å². The summed E-state index contributed by atoms with van der Waals surface area (Å²) in [4.78, 5) is 26.0. The minimum atomic E-state index is -0.765. The second-order valence-corrected chi connectivity index (χ2v) is 7.13. The van der Waals surface area contributed by atoms with Gasteiger partial charge in [0.1, 0.15) is 5.82 Å². The molecule has 1 aliphatic carbocycles. The van der Waals surface area contributed by atoms with Crippen LogP contribution in [0.3, 0.4) is 0 Å². The first-order chi connectivity index (χ1) is 11.5. The number of carbonyl (C=O) groups is 2. The van der Waals surface area contributed by atoms with Crippen LogP contribution in [0.4, 0.5) is 4.39 Å². The molecule has 1 saturated heterocycles. The summed E-state index contributed by atoms with van der Waals surface area (Å²) in [5.74, 6) is -0.746. The van der Waals surface area contributed by atoms with Gasteiger partial charge < -0.3 is 10.0 Å². The van der Waals surface area contributed by atoms with Crippen LogP contribution in [0.2, 0.25) is 0 Å². The van der Waals surface area contributed by atoms with Gasteiger partial charge in [0.2, 0.25) is 5.91 Å². The number of aliphatic carboxylic acids is 1. The van der Waals surface area contributed by atoms with E-state index in [4.69, 9.17) is 5.11 Å². The molecule has 4 nitrogen and oxygen atoms in total. The van der Waals surface area contributed by atoms with Crippen LogP contribution in [0.5, 0.6) is 0 Å². The Morgan fingerprint density at radius 2 is 1.71 bits per heavy atom. The maximum absolute atomic E-state index is 13.3. The summed E-state index contributed by atoms with van der Waals surface area (Å²) in [6, 6.07) is 6.36. The van der Waals surface area contributed by atoms with E-state index in [1.54, 1.807) is 12.1 Å². The fourth-order valence-corrected chi connectivity index (χ4v) is 4.26. The third-order valence-electron chi connectivity index (χ3n) is 5.63. The van der Waals surface area contributed by atoms with Crippen LogP contribution >= 0.6 is 0 Å². The van der Waals surface area contributed by atoms with Gasteiger partial charge in [-0.3, -0.25) is 9.59 Å². The van der Waals surface area contributed by atoms with Crippen LogP contribution in [0.15, 0.2) is 24.3 Å². The van der Waals surface area contributed by atoms with Gasteiger partial charge in [-0.2, -0.15) is 0 Å². The van der Waals surface area contributed by atoms with E-state index >= 15 is 0 Å². The summed E-state index contributed by atoms with van der Waals surface area (Å²) in [7, 11) is 0. The van der Waals surface area contributed by atoms with Gasteiger partial charge in [-0.1, -0.05) is 25.0 Å². The molecule has 0 unspecified atom stereocenters. The molecule has 0 spiro atoms. The standard InChI is InChI=1S/C19H24FNO3/c20-16-5-3-15(4-6-16)19(9-1-2-10-19)18(24)21-11-7-14(8-12-21)13-17(22)23/h3-6,14H,1-2,7-13H2,(H,22,23). The first-order valence-corrected chi connectivity index (χ1v) is 8.78. The van der Waals surface area contributed by atoms with Crippen molar-refractivity contribution in [1.29, 1.82) is 0 Å². The highest BCUT2D eigenvalue weighted by atomic mass is 19.1. The van der Waals surface area contributed by atoms with E-state index in [1.807, 2.05) is 4.90 Å². The van der Waals surface area contributed by atoms with Gasteiger partial charge in [-0.25, -0.2) is 4.39 Å². The lowest BCUT2D eigenvalue weighted by atomic mass is 9.77. The van der Waals surface area contributed by atoms with E-state index in [9.17, 15) is 14.0 Å². The number of carboxylic acids is 1. The number of rotatable bonds is 4. The molecule has 0 radical (unpaired) electrons. The summed E-state index contributed by atoms with van der Waals surface area (Å²) in [5, 5.41) is 8.91. The van der Waals surface area contributed by atoms with Crippen molar-refractivity contribution in [3.63, 3.8) is 0 Å². The molecular weight excluding hydrogens is 309 g/mol. The molecule has 1 aliphatic heterocycles. The van der Waals surface area contributed by atoms with Gasteiger partial charge in [0.15, 0.2) is 0 Å². The van der Waals surface area contributed by atoms with Crippen LogP contribution in [0, 0.1) is 11.7 Å². The number of carbonyl (C=O) groups excluding carboxylic acids is 1. The van der Waals surface area contributed by atoms with Crippen molar-refractivity contribution in [2.24, 2.45) is 5.92 Å². The molecule has 1 heterocycles. The monoisotopic (exact) mass is 333 g/mol. The van der Waals surface area contributed by atoms with Gasteiger partial charge in [0.05, 0.1) is 5.41 Å². The highest BCUT2D eigenvalue weighted by Crippen LogP contribution is 2.43. The van der Waals surface area contributed by atoms with Crippen molar-refractivity contribution in [3.8, 4) is 0 Å². The molecule has 24 heavy (non-hydrogen) atoms. The Morgan fingerprint density at radius 1 is 1.12 bits per heavy atom. The Balaban J connectivity index is 1.74. The van der Waals surface area contributed by atoms with Gasteiger partial charge in [0, 0.05) is 19.5 Å². The van der Waals surface area contributed by atoms with Gasteiger partial charge >= 0.3 is 5.97 Å². The molecule has 0 bridgehead atoms. The van der Waals surface area contributed by atoms with Crippen molar-refractivity contribution in [3.05, 3.63) is 35.6 Å². The van der Waals surface area contributed by atoms with Crippen LogP contribution < -0.4 is 0 Å². The highest BCUT2D eigenvalue weighted by molar-refractivity contribution is 5.88. The summed E-state index contributed by atoms with van der Waals surface area (Å²) >= 11 is 0. The van der Waals surface area contributed by atoms with Gasteiger partial charge in [-0.05, 0) is 49.3 Å². The number of likely N-dealkylation sites (tertiary alicyclic amines) is 1. The summed E-state index contributed by atoms with van der Waals surface area (Å²) < 4.78 is 13.3. The van der Waals surface area contributed by atoms with E-state index in [0.717, 1.165) is 44.1 Å². The van der Waals surface area contributed by atoms with Crippen LogP contribution in [0.25, 0.3) is 0 Å². The average molecular weight is 333 g/mol. The van der Waals surface area contributed by atoms with E-state index in [-0.39, 0.29) is 24.1 Å². The minimum absolute atomic E-state index is 0.139. The Bertz CT molecular complexity index is 600. The molecule has 0 aromatic heterocycles. The molecule has 5 heteroatoms. The normalized spacial score (nSPS) is 21.0. The SMILES string of the molecule is O=C(O)CC1CCN(C(=O)C2(c3ccc(F)cc3)CCCC2)CC1. The number of hydrogen-bond donors (Lipinski definition) is 1. The lowest BCUT2D eigenvalue weighted by molar-refractivity contribution is -0.140. The second kappa shape index (κ2) is 6.91. The molecule has 1 aromatic rings. The largest absolute Gasteiger partial charge is 0.481 e. The maximum Gasteiger partial charge on any atom is 0.303 e. The van der Waals surface area contributed by atoms with Gasteiger partial charge in [-0.15, -0.1) is 0 Å². The molecule has 130 valence electrons. The molecule has 1 aromatic carbocycles. The quantitative estimate of drug-likeness (QED) is 0.919. The molecule has 1 saturated carbocycles. The fraction of sp³-hybridized carbons (Fsp3) is 0.579. The van der Waals surface area contributed by atoms with Crippen LogP contribution in [-0.4, -0.2) is 35.0 Å². The van der Waals surface area contributed by atoms with E-state index in [0.29, 0.717) is 13.1 Å². The van der Waals surface area contributed by atoms with Gasteiger partial charge in [0.25, 0.3) is 0 Å². The van der Waals surface area contributed by atoms with Crippen LogP contribution in [-0.2, 0) is 15.0 Å². The maximum atomic E-state index is 13.3. The van der Waals surface area contributed by atoms with E-state index < -0.39 is 11.4 Å². The molecule has 1 amide bonds. The first-order valence-electron chi connectivity index (χ1n) is 8.78. The van der Waals surface area contributed by atoms with Crippen molar-refractivity contribution >= 4 is 11.9 Å². The first kappa shape index (κ1) is 16.9.